The van der Waals surface area contributed by atoms with Crippen molar-refractivity contribution >= 4 is 55.4 Å². The molecule has 0 radical (unpaired) electrons. The van der Waals surface area contributed by atoms with E-state index in [0.29, 0.717) is 17.0 Å². The normalized spacial score (nSPS) is 11.7. The second kappa shape index (κ2) is 5.51. The van der Waals surface area contributed by atoms with Crippen molar-refractivity contribution in [1.82, 2.24) is 9.97 Å². The average molecular weight is 344 g/mol. The zero-order chi connectivity index (χ0) is 16.0. The van der Waals surface area contributed by atoms with Gasteiger partial charge in [0.2, 0.25) is 0 Å². The van der Waals surface area contributed by atoms with Crippen LogP contribution in [0.1, 0.15) is 25.3 Å². The van der Waals surface area contributed by atoms with Crippen molar-refractivity contribution in [3.05, 3.63) is 47.0 Å². The molecule has 23 heavy (non-hydrogen) atoms. The molecule has 0 saturated carbocycles. The van der Waals surface area contributed by atoms with E-state index < -0.39 is 0 Å². The summed E-state index contributed by atoms with van der Waals surface area (Å²) < 4.78 is 6.77. The van der Waals surface area contributed by atoms with Crippen LogP contribution in [0, 0.1) is 0 Å². The molecule has 1 N–H and O–H groups in total. The van der Waals surface area contributed by atoms with Crippen molar-refractivity contribution in [2.24, 2.45) is 0 Å². The Balaban J connectivity index is 1.68. The van der Waals surface area contributed by atoms with Crippen LogP contribution in [0.4, 0.5) is 11.1 Å². The Labute approximate surface area is 142 Å². The molecule has 2 aromatic carbocycles. The second-order valence-electron chi connectivity index (χ2n) is 5.66. The number of oxazole rings is 1. The fourth-order valence-electron chi connectivity index (χ4n) is 2.40. The molecule has 0 saturated heterocycles. The molecule has 0 aliphatic carbocycles. The average Bonchev–Trinajstić information content (AvgIpc) is 3.08. The summed E-state index contributed by atoms with van der Waals surface area (Å²) in [6.07, 6.45) is 0. The van der Waals surface area contributed by atoms with E-state index in [-0.39, 0.29) is 0 Å². The first-order chi connectivity index (χ1) is 11.1. The van der Waals surface area contributed by atoms with Crippen molar-refractivity contribution in [2.45, 2.75) is 19.8 Å². The maximum atomic E-state index is 6.01. The lowest BCUT2D eigenvalue weighted by atomic mass is 10.0. The van der Waals surface area contributed by atoms with E-state index in [4.69, 9.17) is 16.0 Å². The van der Waals surface area contributed by atoms with Crippen LogP contribution >= 0.6 is 22.9 Å². The molecule has 0 bridgehead atoms. The summed E-state index contributed by atoms with van der Waals surface area (Å²) in [5.74, 6) is 0.460. The molecular weight excluding hydrogens is 330 g/mol. The zero-order valence-electron chi connectivity index (χ0n) is 12.6. The minimum Gasteiger partial charge on any atom is -0.423 e. The lowest BCUT2D eigenvalue weighted by Gasteiger charge is -2.02. The molecule has 0 fully saturated rings. The van der Waals surface area contributed by atoms with E-state index in [0.717, 1.165) is 26.4 Å². The van der Waals surface area contributed by atoms with Crippen LogP contribution in [0.25, 0.3) is 21.3 Å². The summed E-state index contributed by atoms with van der Waals surface area (Å²) in [6, 6.07) is 12.2. The smallest absolute Gasteiger partial charge is 0.302 e. The van der Waals surface area contributed by atoms with E-state index in [9.17, 15) is 0 Å². The molecule has 0 aliphatic heterocycles. The third-order valence-corrected chi connectivity index (χ3v) is 4.81. The third-order valence-electron chi connectivity index (χ3n) is 3.64. The van der Waals surface area contributed by atoms with Gasteiger partial charge in [-0.1, -0.05) is 42.9 Å². The fraction of sp³-hybridized carbons (Fsp3) is 0.176. The summed E-state index contributed by atoms with van der Waals surface area (Å²) >= 11 is 7.53. The van der Waals surface area contributed by atoms with Gasteiger partial charge in [-0.05, 0) is 41.8 Å². The Kier molecular flexibility index (Phi) is 3.47. The van der Waals surface area contributed by atoms with Gasteiger partial charge in [-0.25, -0.2) is 4.98 Å². The first kappa shape index (κ1) is 14.5. The van der Waals surface area contributed by atoms with Gasteiger partial charge in [0.15, 0.2) is 10.7 Å². The number of rotatable bonds is 3. The number of hydrogen-bond acceptors (Lipinski definition) is 5. The third kappa shape index (κ3) is 2.78. The van der Waals surface area contributed by atoms with Crippen LogP contribution in [0.5, 0.6) is 0 Å². The highest BCUT2D eigenvalue weighted by Gasteiger charge is 2.11. The number of fused-ring (bicyclic) bond motifs is 2. The summed E-state index contributed by atoms with van der Waals surface area (Å²) in [7, 11) is 0. The molecule has 0 atom stereocenters. The van der Waals surface area contributed by atoms with Crippen molar-refractivity contribution in [3.63, 3.8) is 0 Å². The van der Waals surface area contributed by atoms with Crippen LogP contribution in [0.3, 0.4) is 0 Å². The number of anilines is 2. The molecule has 4 aromatic rings. The van der Waals surface area contributed by atoms with E-state index in [1.54, 1.807) is 0 Å². The molecule has 4 rings (SSSR count). The van der Waals surface area contributed by atoms with Gasteiger partial charge in [-0.15, -0.1) is 0 Å². The van der Waals surface area contributed by atoms with Crippen molar-refractivity contribution < 1.29 is 4.42 Å². The number of halogens is 1. The number of nitrogens with zero attached hydrogens (tertiary/aromatic N) is 2. The maximum absolute atomic E-state index is 6.01. The first-order valence-corrected chi connectivity index (χ1v) is 8.51. The van der Waals surface area contributed by atoms with Crippen molar-refractivity contribution in [2.75, 3.05) is 5.32 Å². The van der Waals surface area contributed by atoms with Gasteiger partial charge < -0.3 is 4.42 Å². The number of nitrogens with one attached hydrogen (secondary N) is 1. The molecule has 0 aliphatic rings. The highest BCUT2D eigenvalue weighted by Crippen LogP contribution is 2.31. The van der Waals surface area contributed by atoms with Crippen molar-refractivity contribution in [3.8, 4) is 0 Å². The van der Waals surface area contributed by atoms with Gasteiger partial charge in [0.25, 0.3) is 0 Å². The molecule has 6 heteroatoms. The lowest BCUT2D eigenvalue weighted by Crippen LogP contribution is -1.88. The van der Waals surface area contributed by atoms with Crippen LogP contribution in [-0.2, 0) is 0 Å². The second-order valence-corrected chi connectivity index (χ2v) is 7.12. The van der Waals surface area contributed by atoms with Gasteiger partial charge in [-0.3, -0.25) is 5.32 Å². The highest BCUT2D eigenvalue weighted by molar-refractivity contribution is 7.22. The van der Waals surface area contributed by atoms with Gasteiger partial charge in [0.05, 0.1) is 10.2 Å². The van der Waals surface area contributed by atoms with E-state index in [1.807, 2.05) is 24.3 Å². The summed E-state index contributed by atoms with van der Waals surface area (Å²) in [5, 5.41) is 4.58. The summed E-state index contributed by atoms with van der Waals surface area (Å²) in [4.78, 5) is 9.02. The standard InChI is InChI=1S/C17H14ClN3OS/c1-9(2)10-3-6-14-13(7-10)19-16(22-14)21-17-20-12-5-4-11(18)8-15(12)23-17/h3-9H,1-2H3,(H,19,20,21). The van der Waals surface area contributed by atoms with Crippen molar-refractivity contribution in [1.29, 1.82) is 0 Å². The number of thiazole rings is 1. The predicted molar refractivity (Wildman–Crippen MR) is 96.0 cm³/mol. The molecular formula is C17H14ClN3OS. The Morgan fingerprint density at radius 3 is 2.78 bits per heavy atom. The van der Waals surface area contributed by atoms with Gasteiger partial charge in [-0.2, -0.15) is 4.98 Å². The molecule has 2 heterocycles. The van der Waals surface area contributed by atoms with Gasteiger partial charge in [0.1, 0.15) is 5.52 Å². The van der Waals surface area contributed by atoms with Crippen LogP contribution in [0.2, 0.25) is 5.02 Å². The minimum absolute atomic E-state index is 0.450. The topological polar surface area (TPSA) is 51.0 Å². The van der Waals surface area contributed by atoms with E-state index in [1.165, 1.54) is 16.9 Å². The Hall–Kier alpha value is -2.11. The minimum atomic E-state index is 0.450. The monoisotopic (exact) mass is 343 g/mol. The largest absolute Gasteiger partial charge is 0.423 e. The Morgan fingerprint density at radius 1 is 1.09 bits per heavy atom. The Bertz CT molecular complexity index is 1010. The Morgan fingerprint density at radius 2 is 1.96 bits per heavy atom. The van der Waals surface area contributed by atoms with Gasteiger partial charge >= 0.3 is 6.01 Å². The molecule has 0 unspecified atom stereocenters. The zero-order valence-corrected chi connectivity index (χ0v) is 14.2. The van der Waals surface area contributed by atoms with E-state index in [2.05, 4.69) is 41.3 Å². The first-order valence-electron chi connectivity index (χ1n) is 7.32. The number of aromatic nitrogens is 2. The maximum Gasteiger partial charge on any atom is 0.302 e. The van der Waals surface area contributed by atoms with Crippen LogP contribution < -0.4 is 5.32 Å². The highest BCUT2D eigenvalue weighted by atomic mass is 35.5. The molecule has 116 valence electrons. The van der Waals surface area contributed by atoms with E-state index >= 15 is 0 Å². The lowest BCUT2D eigenvalue weighted by molar-refractivity contribution is 0.623. The van der Waals surface area contributed by atoms with Gasteiger partial charge in [0, 0.05) is 5.02 Å². The molecule has 0 amide bonds. The fourth-order valence-corrected chi connectivity index (χ4v) is 3.53. The number of benzene rings is 2. The molecule has 4 nitrogen and oxygen atoms in total. The quantitative estimate of drug-likeness (QED) is 0.498. The summed E-state index contributed by atoms with van der Waals surface area (Å²) in [5.41, 5.74) is 3.76. The van der Waals surface area contributed by atoms with Crippen LogP contribution in [0.15, 0.2) is 40.8 Å². The van der Waals surface area contributed by atoms with Crippen LogP contribution in [-0.4, -0.2) is 9.97 Å². The summed E-state index contributed by atoms with van der Waals surface area (Å²) in [6.45, 7) is 4.32. The number of hydrogen-bond donors (Lipinski definition) is 1. The molecule has 0 spiro atoms. The predicted octanol–water partition coefficient (Wildman–Crippen LogP) is 5.96. The molecule has 2 aromatic heterocycles. The SMILES string of the molecule is CC(C)c1ccc2oc(Nc3nc4ccc(Cl)cc4s3)nc2c1.